The second-order valence-corrected chi connectivity index (χ2v) is 4.42. The van der Waals surface area contributed by atoms with Crippen LogP contribution in [0.2, 0.25) is 5.02 Å². The van der Waals surface area contributed by atoms with Gasteiger partial charge in [-0.15, -0.1) is 0 Å². The fraction of sp³-hybridized carbons (Fsp3) is 0.143. The van der Waals surface area contributed by atoms with Crippen LogP contribution in [0.1, 0.15) is 15.9 Å². The van der Waals surface area contributed by atoms with Crippen molar-refractivity contribution in [2.75, 3.05) is 0 Å². The van der Waals surface area contributed by atoms with Gasteiger partial charge in [-0.2, -0.15) is 0 Å². The van der Waals surface area contributed by atoms with Gasteiger partial charge in [0.15, 0.2) is 18.2 Å². The number of halogens is 1. The highest BCUT2D eigenvalue weighted by atomic mass is 35.5. The zero-order valence-corrected chi connectivity index (χ0v) is 10.3. The van der Waals surface area contributed by atoms with E-state index in [4.69, 9.17) is 11.6 Å². The SMILES string of the molecule is C[n+]1ccc(CC(=O)c2cccc(Cl)c2)cc1. The predicted octanol–water partition coefficient (Wildman–Crippen LogP) is 2.59. The lowest BCUT2D eigenvalue weighted by Crippen LogP contribution is -2.26. The summed E-state index contributed by atoms with van der Waals surface area (Å²) in [4.78, 5) is 12.0. The highest BCUT2D eigenvalue weighted by Gasteiger charge is 2.08. The van der Waals surface area contributed by atoms with Crippen molar-refractivity contribution in [2.45, 2.75) is 6.42 Å². The number of hydrogen-bond acceptors (Lipinski definition) is 1. The molecule has 17 heavy (non-hydrogen) atoms. The fourth-order valence-electron chi connectivity index (χ4n) is 1.60. The topological polar surface area (TPSA) is 20.9 Å². The van der Waals surface area contributed by atoms with Crippen LogP contribution in [0, 0.1) is 0 Å². The van der Waals surface area contributed by atoms with Crippen molar-refractivity contribution in [3.8, 4) is 0 Å². The Balaban J connectivity index is 2.14. The minimum Gasteiger partial charge on any atom is -0.294 e. The third-order valence-corrected chi connectivity index (χ3v) is 2.79. The van der Waals surface area contributed by atoms with Crippen molar-refractivity contribution < 1.29 is 9.36 Å². The molecule has 0 bridgehead atoms. The van der Waals surface area contributed by atoms with Crippen LogP contribution in [0.15, 0.2) is 48.8 Å². The Morgan fingerprint density at radius 3 is 2.59 bits per heavy atom. The summed E-state index contributed by atoms with van der Waals surface area (Å²) in [6.07, 6.45) is 4.27. The first-order chi connectivity index (χ1) is 8.15. The molecular formula is C14H13ClNO+. The molecular weight excluding hydrogens is 234 g/mol. The molecule has 3 heteroatoms. The van der Waals surface area contributed by atoms with Crippen LogP contribution >= 0.6 is 11.6 Å². The Bertz CT molecular complexity index is 534. The van der Waals surface area contributed by atoms with E-state index in [1.54, 1.807) is 24.3 Å². The van der Waals surface area contributed by atoms with Crippen LogP contribution in [0.5, 0.6) is 0 Å². The summed E-state index contributed by atoms with van der Waals surface area (Å²) in [5.74, 6) is 0.0846. The lowest BCUT2D eigenvalue weighted by Gasteiger charge is -2.01. The summed E-state index contributed by atoms with van der Waals surface area (Å²) >= 11 is 5.86. The van der Waals surface area contributed by atoms with Crippen molar-refractivity contribution in [2.24, 2.45) is 7.05 Å². The molecule has 0 unspecified atom stereocenters. The number of aryl methyl sites for hydroxylation is 1. The van der Waals surface area contributed by atoms with E-state index in [0.29, 0.717) is 17.0 Å². The summed E-state index contributed by atoms with van der Waals surface area (Å²) in [5, 5.41) is 0.593. The molecule has 86 valence electrons. The van der Waals surface area contributed by atoms with Crippen LogP contribution in [0.4, 0.5) is 0 Å². The molecule has 0 aliphatic rings. The summed E-state index contributed by atoms with van der Waals surface area (Å²) in [7, 11) is 1.95. The van der Waals surface area contributed by atoms with E-state index in [1.165, 1.54) is 0 Å². The molecule has 1 aromatic heterocycles. The Kier molecular flexibility index (Phi) is 3.55. The molecule has 0 amide bonds. The number of hydrogen-bond donors (Lipinski definition) is 0. The number of benzene rings is 1. The van der Waals surface area contributed by atoms with Crippen molar-refractivity contribution >= 4 is 17.4 Å². The lowest BCUT2D eigenvalue weighted by atomic mass is 10.0. The first kappa shape index (κ1) is 11.8. The molecule has 0 atom stereocenters. The molecule has 0 spiro atoms. The average molecular weight is 247 g/mol. The maximum atomic E-state index is 12.0. The van der Waals surface area contributed by atoms with Crippen molar-refractivity contribution in [3.05, 3.63) is 64.9 Å². The number of pyridine rings is 1. The summed E-state index contributed by atoms with van der Waals surface area (Å²) < 4.78 is 1.94. The van der Waals surface area contributed by atoms with Gasteiger partial charge in [0.05, 0.1) is 0 Å². The molecule has 0 fully saturated rings. The highest BCUT2D eigenvalue weighted by molar-refractivity contribution is 6.31. The third-order valence-electron chi connectivity index (χ3n) is 2.56. The maximum absolute atomic E-state index is 12.0. The van der Waals surface area contributed by atoms with Gasteiger partial charge >= 0.3 is 0 Å². The fourth-order valence-corrected chi connectivity index (χ4v) is 1.79. The summed E-state index contributed by atoms with van der Waals surface area (Å²) in [6.45, 7) is 0. The number of aromatic nitrogens is 1. The van der Waals surface area contributed by atoms with Crippen molar-refractivity contribution in [3.63, 3.8) is 0 Å². The zero-order valence-electron chi connectivity index (χ0n) is 9.56. The van der Waals surface area contributed by atoms with Crippen LogP contribution in [-0.2, 0) is 13.5 Å². The van der Waals surface area contributed by atoms with E-state index in [-0.39, 0.29) is 5.78 Å². The monoisotopic (exact) mass is 246 g/mol. The number of carbonyl (C=O) groups excluding carboxylic acids is 1. The van der Waals surface area contributed by atoms with Gasteiger partial charge in [-0.3, -0.25) is 4.79 Å². The van der Waals surface area contributed by atoms with E-state index < -0.39 is 0 Å². The minimum absolute atomic E-state index is 0.0846. The molecule has 0 aliphatic heterocycles. The van der Waals surface area contributed by atoms with E-state index in [1.807, 2.05) is 36.1 Å². The number of rotatable bonds is 3. The van der Waals surface area contributed by atoms with E-state index in [9.17, 15) is 4.79 Å². The predicted molar refractivity (Wildman–Crippen MR) is 67.1 cm³/mol. The second-order valence-electron chi connectivity index (χ2n) is 3.98. The standard InChI is InChI=1S/C14H13ClNO/c1-16-7-5-11(6-8-16)9-14(17)12-3-2-4-13(15)10-12/h2-8,10H,9H2,1H3/q+1. The van der Waals surface area contributed by atoms with Gasteiger partial charge in [-0.05, 0) is 17.7 Å². The summed E-state index contributed by atoms with van der Waals surface area (Å²) in [5.41, 5.74) is 1.67. The molecule has 1 aromatic carbocycles. The Labute approximate surface area is 105 Å². The normalized spacial score (nSPS) is 10.2. The smallest absolute Gasteiger partial charge is 0.168 e. The third kappa shape index (κ3) is 3.14. The first-order valence-corrected chi connectivity index (χ1v) is 5.76. The largest absolute Gasteiger partial charge is 0.294 e. The summed E-state index contributed by atoms with van der Waals surface area (Å²) in [6, 6.07) is 10.9. The van der Waals surface area contributed by atoms with E-state index in [2.05, 4.69) is 0 Å². The van der Waals surface area contributed by atoms with Gasteiger partial charge in [0, 0.05) is 29.1 Å². The Hall–Kier alpha value is -1.67. The van der Waals surface area contributed by atoms with E-state index in [0.717, 1.165) is 5.56 Å². The Morgan fingerprint density at radius 1 is 1.24 bits per heavy atom. The minimum atomic E-state index is 0.0846. The average Bonchev–Trinajstić information content (AvgIpc) is 2.32. The quantitative estimate of drug-likeness (QED) is 0.602. The molecule has 0 saturated heterocycles. The van der Waals surface area contributed by atoms with E-state index >= 15 is 0 Å². The Morgan fingerprint density at radius 2 is 1.94 bits per heavy atom. The van der Waals surface area contributed by atoms with Crippen LogP contribution < -0.4 is 4.57 Å². The molecule has 0 aliphatic carbocycles. The number of carbonyl (C=O) groups is 1. The van der Waals surface area contributed by atoms with Crippen molar-refractivity contribution in [1.29, 1.82) is 0 Å². The number of nitrogens with zero attached hydrogens (tertiary/aromatic N) is 1. The maximum Gasteiger partial charge on any atom is 0.168 e. The number of ketones is 1. The van der Waals surface area contributed by atoms with Crippen molar-refractivity contribution in [1.82, 2.24) is 0 Å². The van der Waals surface area contributed by atoms with Gasteiger partial charge < -0.3 is 0 Å². The second kappa shape index (κ2) is 5.11. The van der Waals surface area contributed by atoms with Crippen LogP contribution in [0.25, 0.3) is 0 Å². The molecule has 2 rings (SSSR count). The van der Waals surface area contributed by atoms with Gasteiger partial charge in [0.2, 0.25) is 0 Å². The first-order valence-electron chi connectivity index (χ1n) is 5.38. The van der Waals surface area contributed by atoms with Gasteiger partial charge in [0.1, 0.15) is 7.05 Å². The van der Waals surface area contributed by atoms with Crippen LogP contribution in [-0.4, -0.2) is 5.78 Å². The molecule has 0 saturated carbocycles. The van der Waals surface area contributed by atoms with Gasteiger partial charge in [0.25, 0.3) is 0 Å². The van der Waals surface area contributed by atoms with Gasteiger partial charge in [-0.25, -0.2) is 4.57 Å². The molecule has 1 heterocycles. The zero-order chi connectivity index (χ0) is 12.3. The van der Waals surface area contributed by atoms with Gasteiger partial charge in [-0.1, -0.05) is 23.7 Å². The highest BCUT2D eigenvalue weighted by Crippen LogP contribution is 2.13. The molecule has 2 nitrogen and oxygen atoms in total. The lowest BCUT2D eigenvalue weighted by molar-refractivity contribution is -0.671. The molecule has 2 aromatic rings. The molecule has 0 N–H and O–H groups in total. The number of Topliss-reactive ketones (excluding diaryl/α,β-unsaturated/α-hetero) is 1. The molecule has 0 radical (unpaired) electrons. The van der Waals surface area contributed by atoms with Crippen LogP contribution in [0.3, 0.4) is 0 Å².